The molecule has 0 saturated carbocycles. The van der Waals surface area contributed by atoms with Crippen LogP contribution in [0.1, 0.15) is 17.3 Å². The van der Waals surface area contributed by atoms with Gasteiger partial charge in [0.05, 0.1) is 17.2 Å². The summed E-state index contributed by atoms with van der Waals surface area (Å²) in [5.41, 5.74) is 1.52. The molecule has 0 fully saturated rings. The first-order chi connectivity index (χ1) is 14.4. The van der Waals surface area contributed by atoms with Crippen LogP contribution in [-0.4, -0.2) is 20.8 Å². The highest BCUT2D eigenvalue weighted by atomic mass is 79.9. The van der Waals surface area contributed by atoms with Crippen LogP contribution in [0.4, 0.5) is 11.4 Å². The van der Waals surface area contributed by atoms with Crippen molar-refractivity contribution in [2.24, 2.45) is 0 Å². The zero-order valence-electron chi connectivity index (χ0n) is 16.1. The largest absolute Gasteiger partial charge is 0.494 e. The van der Waals surface area contributed by atoms with E-state index in [0.29, 0.717) is 18.0 Å². The molecule has 3 aromatic carbocycles. The van der Waals surface area contributed by atoms with Gasteiger partial charge < -0.3 is 9.64 Å². The Bertz CT molecular complexity index is 1250. The van der Waals surface area contributed by atoms with Crippen LogP contribution in [0.3, 0.4) is 0 Å². The van der Waals surface area contributed by atoms with E-state index >= 15 is 0 Å². The Kier molecular flexibility index (Phi) is 5.49. The number of para-hydroxylation sites is 1. The minimum Gasteiger partial charge on any atom is -0.494 e. The van der Waals surface area contributed by atoms with Gasteiger partial charge in [-0.1, -0.05) is 34.1 Å². The second kappa shape index (κ2) is 8.08. The van der Waals surface area contributed by atoms with Crippen molar-refractivity contribution >= 4 is 42.9 Å². The first kappa shape index (κ1) is 20.4. The molecule has 1 aliphatic heterocycles. The second-order valence-electron chi connectivity index (χ2n) is 6.60. The number of rotatable bonds is 5. The Morgan fingerprint density at radius 1 is 1.00 bits per heavy atom. The quantitative estimate of drug-likeness (QED) is 0.448. The van der Waals surface area contributed by atoms with Crippen molar-refractivity contribution in [1.82, 2.24) is 0 Å². The zero-order chi connectivity index (χ0) is 21.3. The average molecular weight is 484 g/mol. The molecule has 0 aliphatic carbocycles. The number of carbonyl (C=O) groups excluding carboxylic acids is 1. The lowest BCUT2D eigenvalue weighted by Crippen LogP contribution is -2.25. The second-order valence-corrected chi connectivity index (χ2v) is 9.40. The normalized spacial score (nSPS) is 14.6. The number of Topliss-reactive ketones (excluding diaryl/α,β-unsaturated/α-hetero) is 1. The van der Waals surface area contributed by atoms with Crippen LogP contribution in [0.2, 0.25) is 0 Å². The van der Waals surface area contributed by atoms with Crippen LogP contribution in [0.25, 0.3) is 0 Å². The number of hydrogen-bond donors (Lipinski definition) is 0. The van der Waals surface area contributed by atoms with Gasteiger partial charge >= 0.3 is 0 Å². The minimum atomic E-state index is -3.97. The molecule has 0 N–H and O–H groups in total. The Hall–Kier alpha value is -2.90. The lowest BCUT2D eigenvalue weighted by atomic mass is 10.1. The first-order valence-corrected chi connectivity index (χ1v) is 11.6. The fourth-order valence-corrected chi connectivity index (χ4v) is 5.22. The van der Waals surface area contributed by atoms with Gasteiger partial charge in [-0.25, -0.2) is 8.42 Å². The monoisotopic (exact) mass is 483 g/mol. The number of ether oxygens (including phenoxy) is 1. The summed E-state index contributed by atoms with van der Waals surface area (Å²) in [6, 6.07) is 20.6. The highest BCUT2D eigenvalue weighted by Gasteiger charge is 2.36. The van der Waals surface area contributed by atoms with Crippen LogP contribution in [0.15, 0.2) is 93.3 Å². The summed E-state index contributed by atoms with van der Waals surface area (Å²) in [5, 5.41) is 0. The fourth-order valence-electron chi connectivity index (χ4n) is 3.29. The molecule has 0 atom stereocenters. The molecule has 1 aliphatic rings. The molecule has 0 radical (unpaired) electrons. The van der Waals surface area contributed by atoms with E-state index in [9.17, 15) is 13.2 Å². The molecular formula is C23H18BrNO4S. The van der Waals surface area contributed by atoms with Crippen LogP contribution in [0, 0.1) is 0 Å². The summed E-state index contributed by atoms with van der Waals surface area (Å²) in [6.07, 6.45) is 1.40. The minimum absolute atomic E-state index is 0.0989. The molecule has 3 aromatic rings. The molecule has 0 saturated heterocycles. The summed E-state index contributed by atoms with van der Waals surface area (Å²) in [4.78, 5) is 14.8. The van der Waals surface area contributed by atoms with Gasteiger partial charge in [-0.2, -0.15) is 0 Å². The molecular weight excluding hydrogens is 466 g/mol. The topological polar surface area (TPSA) is 63.7 Å². The number of nitrogens with zero attached hydrogens (tertiary/aromatic N) is 1. The maximum Gasteiger partial charge on any atom is 0.214 e. The number of ketones is 1. The highest BCUT2D eigenvalue weighted by Crippen LogP contribution is 2.40. The van der Waals surface area contributed by atoms with Gasteiger partial charge in [0.15, 0.2) is 0 Å². The number of benzene rings is 3. The maximum atomic E-state index is 13.3. The van der Waals surface area contributed by atoms with Crippen LogP contribution < -0.4 is 9.64 Å². The first-order valence-electron chi connectivity index (χ1n) is 9.30. The third-order valence-corrected chi connectivity index (χ3v) is 6.98. The van der Waals surface area contributed by atoms with Crippen LogP contribution in [0.5, 0.6) is 5.75 Å². The third-order valence-electron chi connectivity index (χ3n) is 4.69. The number of anilines is 2. The van der Waals surface area contributed by atoms with Gasteiger partial charge in [0.2, 0.25) is 15.6 Å². The van der Waals surface area contributed by atoms with Gasteiger partial charge in [0.1, 0.15) is 10.7 Å². The van der Waals surface area contributed by atoms with Crippen molar-refractivity contribution < 1.29 is 17.9 Å². The third kappa shape index (κ3) is 3.66. The van der Waals surface area contributed by atoms with E-state index in [1.165, 1.54) is 12.3 Å². The number of sulfone groups is 1. The molecule has 5 nitrogen and oxygen atoms in total. The highest BCUT2D eigenvalue weighted by molar-refractivity contribution is 9.10. The van der Waals surface area contributed by atoms with Crippen molar-refractivity contribution in [1.29, 1.82) is 0 Å². The molecule has 0 aromatic heterocycles. The Morgan fingerprint density at radius 2 is 1.73 bits per heavy atom. The molecule has 0 unspecified atom stereocenters. The van der Waals surface area contributed by atoms with Crippen molar-refractivity contribution in [2.45, 2.75) is 11.8 Å². The van der Waals surface area contributed by atoms with E-state index in [-0.39, 0.29) is 15.4 Å². The van der Waals surface area contributed by atoms with Crippen LogP contribution >= 0.6 is 15.9 Å². The molecule has 4 rings (SSSR count). The standard InChI is InChI=1S/C23H18BrNO4S/c1-2-29-19-12-10-16(11-13-19)23(26)22-15-25(18-7-5-6-17(24)14-18)20-8-3-4-9-21(20)30(22,27)28/h3-15H,2H2,1H3. The number of carbonyl (C=O) groups is 1. The van der Waals surface area contributed by atoms with E-state index in [2.05, 4.69) is 15.9 Å². The molecule has 0 bridgehead atoms. The van der Waals surface area contributed by atoms with Crippen LogP contribution in [-0.2, 0) is 9.84 Å². The van der Waals surface area contributed by atoms with E-state index in [4.69, 9.17) is 4.74 Å². The number of fused-ring (bicyclic) bond motifs is 1. The summed E-state index contributed by atoms with van der Waals surface area (Å²) < 4.78 is 32.8. The average Bonchev–Trinajstić information content (AvgIpc) is 2.74. The summed E-state index contributed by atoms with van der Waals surface area (Å²) in [7, 11) is -3.97. The molecule has 0 amide bonds. The van der Waals surface area contributed by atoms with E-state index in [1.54, 1.807) is 47.4 Å². The predicted molar refractivity (Wildman–Crippen MR) is 120 cm³/mol. The molecule has 152 valence electrons. The van der Waals surface area contributed by atoms with Gasteiger partial charge in [-0.3, -0.25) is 4.79 Å². The summed E-state index contributed by atoms with van der Waals surface area (Å²) >= 11 is 3.45. The number of halogens is 1. The summed E-state index contributed by atoms with van der Waals surface area (Å²) in [6.45, 7) is 2.37. The Morgan fingerprint density at radius 3 is 2.43 bits per heavy atom. The molecule has 0 spiro atoms. The Balaban J connectivity index is 1.84. The lowest BCUT2D eigenvalue weighted by Gasteiger charge is -2.29. The predicted octanol–water partition coefficient (Wildman–Crippen LogP) is 5.50. The Labute approximate surface area is 183 Å². The van der Waals surface area contributed by atoms with E-state index in [0.717, 1.165) is 10.2 Å². The summed E-state index contributed by atoms with van der Waals surface area (Å²) in [5.74, 6) is 0.0585. The van der Waals surface area contributed by atoms with Crippen molar-refractivity contribution in [3.63, 3.8) is 0 Å². The van der Waals surface area contributed by atoms with Gasteiger partial charge in [-0.05, 0) is 61.5 Å². The number of allylic oxidation sites excluding steroid dienone is 1. The van der Waals surface area contributed by atoms with Gasteiger partial charge in [-0.15, -0.1) is 0 Å². The smallest absolute Gasteiger partial charge is 0.214 e. The van der Waals surface area contributed by atoms with Gasteiger partial charge in [0, 0.05) is 21.9 Å². The van der Waals surface area contributed by atoms with Crippen molar-refractivity contribution in [3.8, 4) is 5.75 Å². The molecule has 1 heterocycles. The molecule has 7 heteroatoms. The molecule has 30 heavy (non-hydrogen) atoms. The SMILES string of the molecule is CCOc1ccc(C(=O)C2=CN(c3cccc(Br)c3)c3ccccc3S2(=O)=O)cc1. The van der Waals surface area contributed by atoms with E-state index in [1.807, 2.05) is 31.2 Å². The van der Waals surface area contributed by atoms with Crippen molar-refractivity contribution in [2.75, 3.05) is 11.5 Å². The lowest BCUT2D eigenvalue weighted by molar-refractivity contribution is 0.104. The van der Waals surface area contributed by atoms with Gasteiger partial charge in [0.25, 0.3) is 0 Å². The zero-order valence-corrected chi connectivity index (χ0v) is 18.5. The van der Waals surface area contributed by atoms with Crippen molar-refractivity contribution in [3.05, 3.63) is 93.9 Å². The fraction of sp³-hybridized carbons (Fsp3) is 0.0870. The number of hydrogen-bond acceptors (Lipinski definition) is 5. The van der Waals surface area contributed by atoms with E-state index < -0.39 is 15.6 Å². The maximum absolute atomic E-state index is 13.3.